The van der Waals surface area contributed by atoms with Crippen LogP contribution >= 0.6 is 0 Å². The number of nitrogens with one attached hydrogen (secondary N) is 2. The van der Waals surface area contributed by atoms with Crippen molar-refractivity contribution in [2.24, 2.45) is 10.7 Å². The van der Waals surface area contributed by atoms with Crippen molar-refractivity contribution in [3.05, 3.63) is 60.7 Å². The zero-order chi connectivity index (χ0) is 22.1. The summed E-state index contributed by atoms with van der Waals surface area (Å²) in [6.45, 7) is 1.02. The Morgan fingerprint density at radius 2 is 1.97 bits per heavy atom. The predicted octanol–water partition coefficient (Wildman–Crippen LogP) is 2.41. The van der Waals surface area contributed by atoms with Crippen LogP contribution in [0.2, 0.25) is 0 Å². The summed E-state index contributed by atoms with van der Waals surface area (Å²) in [5.74, 6) is 1.54. The number of nitriles is 1. The van der Waals surface area contributed by atoms with Crippen LogP contribution in [0.15, 0.2) is 60.1 Å². The summed E-state index contributed by atoms with van der Waals surface area (Å²) in [7, 11) is 3.08. The van der Waals surface area contributed by atoms with Crippen LogP contribution in [-0.2, 0) is 6.54 Å². The number of aromatic nitrogens is 2. The lowest BCUT2D eigenvalue weighted by Gasteiger charge is -2.15. The van der Waals surface area contributed by atoms with Gasteiger partial charge in [0.1, 0.15) is 6.61 Å². The summed E-state index contributed by atoms with van der Waals surface area (Å²) in [5, 5.41) is 8.86. The molecule has 0 amide bonds. The first kappa shape index (κ1) is 21.3. The Kier molecular flexibility index (Phi) is 7.16. The Hall–Kier alpha value is -4.39. The zero-order valence-corrected chi connectivity index (χ0v) is 17.2. The van der Waals surface area contributed by atoms with Crippen LogP contribution in [0.4, 0.5) is 11.4 Å². The summed E-state index contributed by atoms with van der Waals surface area (Å²) in [6.07, 6.45) is 5.28. The first-order valence-corrected chi connectivity index (χ1v) is 9.34. The monoisotopic (exact) mass is 421 g/mol. The lowest BCUT2D eigenvalue weighted by molar-refractivity contribution is 0.272. The van der Waals surface area contributed by atoms with Gasteiger partial charge in [-0.3, -0.25) is 10.9 Å². The van der Waals surface area contributed by atoms with Gasteiger partial charge in [-0.25, -0.2) is 9.98 Å². The van der Waals surface area contributed by atoms with Gasteiger partial charge in [0.05, 0.1) is 50.1 Å². The Morgan fingerprint density at radius 3 is 2.61 bits per heavy atom. The second kappa shape index (κ2) is 10.4. The molecular formula is C21H23N7O3. The fourth-order valence-corrected chi connectivity index (χ4v) is 2.70. The van der Waals surface area contributed by atoms with E-state index in [9.17, 15) is 0 Å². The van der Waals surface area contributed by atoms with Gasteiger partial charge in [-0.1, -0.05) is 0 Å². The molecular weight excluding hydrogens is 398 g/mol. The normalized spacial score (nSPS) is 10.8. The summed E-state index contributed by atoms with van der Waals surface area (Å²) in [4.78, 5) is 8.36. The molecule has 0 spiro atoms. The van der Waals surface area contributed by atoms with Crippen molar-refractivity contribution in [1.29, 1.82) is 5.26 Å². The highest BCUT2D eigenvalue weighted by atomic mass is 16.5. The van der Waals surface area contributed by atoms with Crippen molar-refractivity contribution in [3.63, 3.8) is 0 Å². The van der Waals surface area contributed by atoms with E-state index in [1.54, 1.807) is 56.0 Å². The molecule has 1 heterocycles. The average Bonchev–Trinajstić information content (AvgIpc) is 3.31. The van der Waals surface area contributed by atoms with Crippen LogP contribution in [0.25, 0.3) is 0 Å². The van der Waals surface area contributed by atoms with Gasteiger partial charge in [-0.15, -0.1) is 0 Å². The second-order valence-corrected chi connectivity index (χ2v) is 6.26. The molecule has 2 aromatic carbocycles. The Morgan fingerprint density at radius 1 is 1.19 bits per heavy atom. The molecule has 1 aromatic heterocycles. The second-order valence-electron chi connectivity index (χ2n) is 6.26. The minimum atomic E-state index is 0.126. The molecule has 0 aliphatic carbocycles. The maximum absolute atomic E-state index is 8.86. The number of benzene rings is 2. The molecule has 0 saturated heterocycles. The van der Waals surface area contributed by atoms with Crippen molar-refractivity contribution < 1.29 is 14.2 Å². The van der Waals surface area contributed by atoms with E-state index in [0.717, 1.165) is 5.69 Å². The number of methoxy groups -OCH3 is 2. The number of hydrogen-bond donors (Lipinski definition) is 3. The largest absolute Gasteiger partial charge is 0.493 e. The minimum Gasteiger partial charge on any atom is -0.493 e. The van der Waals surface area contributed by atoms with E-state index in [0.29, 0.717) is 41.7 Å². The molecule has 31 heavy (non-hydrogen) atoms. The average molecular weight is 421 g/mol. The van der Waals surface area contributed by atoms with Crippen molar-refractivity contribution >= 4 is 17.3 Å². The fourth-order valence-electron chi connectivity index (χ4n) is 2.70. The van der Waals surface area contributed by atoms with Gasteiger partial charge in [-0.2, -0.15) is 5.26 Å². The van der Waals surface area contributed by atoms with Crippen LogP contribution in [-0.4, -0.2) is 36.3 Å². The number of aliphatic imine (C=N–C) groups is 1. The first-order valence-electron chi connectivity index (χ1n) is 9.34. The molecule has 4 N–H and O–H groups in total. The number of imidazole rings is 1. The van der Waals surface area contributed by atoms with Crippen LogP contribution in [0.1, 0.15) is 5.56 Å². The van der Waals surface area contributed by atoms with E-state index in [1.807, 2.05) is 10.8 Å². The summed E-state index contributed by atoms with van der Waals surface area (Å²) in [6, 6.07) is 12.4. The lowest BCUT2D eigenvalue weighted by Crippen LogP contribution is -2.35. The molecule has 0 saturated carbocycles. The maximum Gasteiger partial charge on any atom is 0.212 e. The number of anilines is 1. The Balaban J connectivity index is 1.71. The van der Waals surface area contributed by atoms with Crippen molar-refractivity contribution in [1.82, 2.24) is 15.0 Å². The van der Waals surface area contributed by atoms with Crippen molar-refractivity contribution in [3.8, 4) is 23.3 Å². The van der Waals surface area contributed by atoms with Gasteiger partial charge < -0.3 is 24.5 Å². The van der Waals surface area contributed by atoms with Crippen LogP contribution < -0.4 is 30.8 Å². The van der Waals surface area contributed by atoms with E-state index < -0.39 is 0 Å². The lowest BCUT2D eigenvalue weighted by atomic mass is 10.2. The smallest absolute Gasteiger partial charge is 0.212 e. The van der Waals surface area contributed by atoms with E-state index in [2.05, 4.69) is 26.9 Å². The molecule has 3 aromatic rings. The molecule has 0 bridgehead atoms. The molecule has 0 aliphatic heterocycles. The quantitative estimate of drug-likeness (QED) is 0.273. The standard InChI is InChI=1S/C21H23N7O3/c1-29-18-11-17(25-21(23)27-26-16-5-3-15(13-22)4-6-16)12-19(20(18)30-2)31-10-9-28-8-7-24-14-28/h3-8,11-12,14,26H,9-10H2,1-2H3,(H3,23,25,27). The number of hydrazine groups is 1. The third-order valence-corrected chi connectivity index (χ3v) is 4.19. The van der Waals surface area contributed by atoms with Crippen molar-refractivity contribution in [2.45, 2.75) is 6.54 Å². The van der Waals surface area contributed by atoms with Gasteiger partial charge in [0, 0.05) is 24.5 Å². The third-order valence-electron chi connectivity index (χ3n) is 4.19. The molecule has 3 rings (SSSR count). The minimum absolute atomic E-state index is 0.126. The van der Waals surface area contributed by atoms with Crippen LogP contribution in [0.5, 0.6) is 17.2 Å². The van der Waals surface area contributed by atoms with Gasteiger partial charge in [0.25, 0.3) is 0 Å². The maximum atomic E-state index is 8.86. The number of nitrogens with zero attached hydrogens (tertiary/aromatic N) is 4. The number of hydrogen-bond acceptors (Lipinski definition) is 7. The third kappa shape index (κ3) is 5.80. The molecule has 10 nitrogen and oxygen atoms in total. The number of guanidine groups is 1. The van der Waals surface area contributed by atoms with Crippen LogP contribution in [0, 0.1) is 11.3 Å². The highest BCUT2D eigenvalue weighted by Crippen LogP contribution is 2.41. The van der Waals surface area contributed by atoms with E-state index in [4.69, 9.17) is 25.2 Å². The summed E-state index contributed by atoms with van der Waals surface area (Å²) in [5.41, 5.74) is 13.5. The highest BCUT2D eigenvalue weighted by Gasteiger charge is 2.14. The predicted molar refractivity (Wildman–Crippen MR) is 116 cm³/mol. The van der Waals surface area contributed by atoms with E-state index in [1.165, 1.54) is 7.11 Å². The molecule has 0 fully saturated rings. The SMILES string of the molecule is COc1cc(N=C(N)NNc2ccc(C#N)cc2)cc(OCCn2ccnc2)c1OC. The Bertz CT molecular complexity index is 1060. The van der Waals surface area contributed by atoms with E-state index >= 15 is 0 Å². The highest BCUT2D eigenvalue weighted by molar-refractivity contribution is 5.82. The molecule has 0 radical (unpaired) electrons. The van der Waals surface area contributed by atoms with Crippen molar-refractivity contribution in [2.75, 3.05) is 26.3 Å². The zero-order valence-electron chi connectivity index (χ0n) is 17.2. The number of nitrogens with two attached hydrogens (primary N) is 1. The number of rotatable bonds is 9. The molecule has 0 aliphatic rings. The first-order chi connectivity index (χ1) is 15.1. The number of ether oxygens (including phenoxy) is 3. The summed E-state index contributed by atoms with van der Waals surface area (Å²) < 4.78 is 18.6. The molecule has 160 valence electrons. The van der Waals surface area contributed by atoms with E-state index in [-0.39, 0.29) is 5.96 Å². The van der Waals surface area contributed by atoms with Crippen LogP contribution in [0.3, 0.4) is 0 Å². The summed E-state index contributed by atoms with van der Waals surface area (Å²) >= 11 is 0. The topological polar surface area (TPSA) is 132 Å². The molecule has 0 unspecified atom stereocenters. The molecule has 0 atom stereocenters. The Labute approximate surface area is 179 Å². The van der Waals surface area contributed by atoms with Gasteiger partial charge >= 0.3 is 0 Å². The molecule has 10 heteroatoms. The van der Waals surface area contributed by atoms with Gasteiger partial charge in [-0.05, 0) is 24.3 Å². The van der Waals surface area contributed by atoms with Gasteiger partial charge in [0.15, 0.2) is 11.5 Å². The fraction of sp³-hybridized carbons (Fsp3) is 0.190. The van der Waals surface area contributed by atoms with Gasteiger partial charge in [0.2, 0.25) is 11.7 Å².